The summed E-state index contributed by atoms with van der Waals surface area (Å²) in [6.45, 7) is 8.83. The molecule has 2 N–H and O–H groups in total. The molecule has 0 unspecified atom stereocenters. The fourth-order valence-electron chi connectivity index (χ4n) is 2.09. The minimum atomic E-state index is -0.685. The van der Waals surface area contributed by atoms with Crippen LogP contribution in [-0.4, -0.2) is 21.1 Å². The van der Waals surface area contributed by atoms with Crippen molar-refractivity contribution < 1.29 is 4.79 Å². The van der Waals surface area contributed by atoms with Gasteiger partial charge in [-0.3, -0.25) is 9.48 Å². The molecule has 0 bridgehead atoms. The second-order valence-electron chi connectivity index (χ2n) is 4.76. The van der Waals surface area contributed by atoms with Gasteiger partial charge in [-0.1, -0.05) is 20.8 Å². The summed E-state index contributed by atoms with van der Waals surface area (Å²) in [5, 5.41) is 4.46. The molecular weight excluding hydrogens is 226 g/mol. The fraction of sp³-hybridized carbons (Fsp3) is 0.714. The molecular formula is C14H25N3O. The zero-order chi connectivity index (χ0) is 13.8. The Bertz CT molecular complexity index is 405. The number of nitrogens with zero attached hydrogens (tertiary/aromatic N) is 2. The van der Waals surface area contributed by atoms with Gasteiger partial charge in [-0.15, -0.1) is 0 Å². The average molecular weight is 251 g/mol. The van der Waals surface area contributed by atoms with E-state index in [0.717, 1.165) is 24.4 Å². The molecule has 1 heterocycles. The van der Waals surface area contributed by atoms with Crippen LogP contribution in [0.1, 0.15) is 51.9 Å². The van der Waals surface area contributed by atoms with Gasteiger partial charge in [0.2, 0.25) is 0 Å². The van der Waals surface area contributed by atoms with Crippen LogP contribution in [0.2, 0.25) is 0 Å². The Labute approximate surface area is 110 Å². The molecule has 0 aliphatic rings. The van der Waals surface area contributed by atoms with Gasteiger partial charge in [0.1, 0.15) is 0 Å². The Morgan fingerprint density at radius 1 is 1.33 bits per heavy atom. The van der Waals surface area contributed by atoms with Crippen molar-refractivity contribution in [1.82, 2.24) is 9.78 Å². The predicted molar refractivity (Wildman–Crippen MR) is 73.5 cm³/mol. The maximum atomic E-state index is 12.3. The third-order valence-electron chi connectivity index (χ3n) is 3.73. The Balaban J connectivity index is 2.90. The van der Waals surface area contributed by atoms with Crippen LogP contribution in [0.5, 0.6) is 0 Å². The number of rotatable bonds is 7. The highest BCUT2D eigenvalue weighted by molar-refractivity contribution is 5.89. The number of nitrogens with two attached hydrogens (primary N) is 1. The highest BCUT2D eigenvalue weighted by Crippen LogP contribution is 2.17. The topological polar surface area (TPSA) is 60.9 Å². The second-order valence-corrected chi connectivity index (χ2v) is 4.76. The molecule has 1 rings (SSSR count). The van der Waals surface area contributed by atoms with E-state index >= 15 is 0 Å². The first-order valence-corrected chi connectivity index (χ1v) is 6.88. The van der Waals surface area contributed by atoms with Crippen molar-refractivity contribution in [3.8, 4) is 0 Å². The van der Waals surface area contributed by atoms with E-state index in [0.29, 0.717) is 19.3 Å². The average Bonchev–Trinajstić information content (AvgIpc) is 2.79. The van der Waals surface area contributed by atoms with Gasteiger partial charge >= 0.3 is 0 Å². The number of hydrogen-bond donors (Lipinski definition) is 1. The van der Waals surface area contributed by atoms with E-state index in [4.69, 9.17) is 5.73 Å². The number of aromatic nitrogens is 2. The Hall–Kier alpha value is -1.16. The van der Waals surface area contributed by atoms with Crippen LogP contribution < -0.4 is 5.73 Å². The number of hydrogen-bond acceptors (Lipinski definition) is 3. The first kappa shape index (κ1) is 14.9. The van der Waals surface area contributed by atoms with Crippen molar-refractivity contribution in [2.75, 3.05) is 0 Å². The number of carbonyl (C=O) groups excluding carboxylic acids is 1. The smallest absolute Gasteiger partial charge is 0.158 e. The highest BCUT2D eigenvalue weighted by Gasteiger charge is 2.30. The zero-order valence-corrected chi connectivity index (χ0v) is 12.0. The van der Waals surface area contributed by atoms with E-state index in [1.165, 1.54) is 0 Å². The maximum Gasteiger partial charge on any atom is 0.158 e. The van der Waals surface area contributed by atoms with Gasteiger partial charge in [0.05, 0.1) is 17.7 Å². The summed E-state index contributed by atoms with van der Waals surface area (Å²) in [7, 11) is 0. The Kier molecular flexibility index (Phi) is 5.08. The molecule has 1 aromatic heterocycles. The van der Waals surface area contributed by atoms with Crippen molar-refractivity contribution in [2.45, 2.75) is 65.5 Å². The van der Waals surface area contributed by atoms with Crippen molar-refractivity contribution >= 4 is 5.78 Å². The van der Waals surface area contributed by atoms with Crippen molar-refractivity contribution in [3.63, 3.8) is 0 Å². The van der Waals surface area contributed by atoms with Gasteiger partial charge in [-0.05, 0) is 32.3 Å². The van der Waals surface area contributed by atoms with Crippen LogP contribution in [0.15, 0.2) is 6.07 Å². The highest BCUT2D eigenvalue weighted by atomic mass is 16.1. The van der Waals surface area contributed by atoms with E-state index in [1.54, 1.807) is 0 Å². The van der Waals surface area contributed by atoms with E-state index in [-0.39, 0.29) is 5.78 Å². The van der Waals surface area contributed by atoms with Crippen molar-refractivity contribution in [1.29, 1.82) is 0 Å². The van der Waals surface area contributed by atoms with Crippen LogP contribution >= 0.6 is 0 Å². The molecule has 0 amide bonds. The lowest BCUT2D eigenvalue weighted by atomic mass is 9.87. The Morgan fingerprint density at radius 3 is 2.39 bits per heavy atom. The summed E-state index contributed by atoms with van der Waals surface area (Å²) in [5.41, 5.74) is 7.47. The largest absolute Gasteiger partial charge is 0.319 e. The maximum absolute atomic E-state index is 12.3. The second kappa shape index (κ2) is 6.14. The van der Waals surface area contributed by atoms with E-state index in [1.807, 2.05) is 31.5 Å². The molecule has 0 aromatic carbocycles. The van der Waals surface area contributed by atoms with Gasteiger partial charge in [0.25, 0.3) is 0 Å². The standard InChI is InChI=1S/C14H25N3O/c1-5-11-9-12(17(8-4)16-11)10-13(18)14(15,6-2)7-3/h9H,5-8,10,15H2,1-4H3. The molecule has 102 valence electrons. The number of aryl methyl sites for hydroxylation is 2. The molecule has 0 saturated heterocycles. The molecule has 4 nitrogen and oxygen atoms in total. The molecule has 0 atom stereocenters. The lowest BCUT2D eigenvalue weighted by molar-refractivity contribution is -0.123. The van der Waals surface area contributed by atoms with E-state index in [2.05, 4.69) is 12.0 Å². The van der Waals surface area contributed by atoms with Gasteiger partial charge in [-0.25, -0.2) is 0 Å². The van der Waals surface area contributed by atoms with Crippen molar-refractivity contribution in [2.24, 2.45) is 5.73 Å². The summed E-state index contributed by atoms with van der Waals surface area (Å²) < 4.78 is 1.91. The molecule has 0 aliphatic carbocycles. The van der Waals surface area contributed by atoms with Gasteiger partial charge in [-0.2, -0.15) is 5.10 Å². The quantitative estimate of drug-likeness (QED) is 0.807. The van der Waals surface area contributed by atoms with E-state index in [9.17, 15) is 4.79 Å². The zero-order valence-electron chi connectivity index (χ0n) is 12.0. The molecule has 18 heavy (non-hydrogen) atoms. The minimum absolute atomic E-state index is 0.116. The van der Waals surface area contributed by atoms with Crippen LogP contribution in [0, 0.1) is 0 Å². The Morgan fingerprint density at radius 2 is 1.94 bits per heavy atom. The van der Waals surface area contributed by atoms with Crippen LogP contribution in [0.25, 0.3) is 0 Å². The minimum Gasteiger partial charge on any atom is -0.319 e. The SMILES string of the molecule is CCc1cc(CC(=O)C(N)(CC)CC)n(CC)n1. The summed E-state index contributed by atoms with van der Waals surface area (Å²) >= 11 is 0. The number of carbonyl (C=O) groups is 1. The predicted octanol–water partition coefficient (Wildman–Crippen LogP) is 2.09. The first-order valence-electron chi connectivity index (χ1n) is 6.88. The fourth-order valence-corrected chi connectivity index (χ4v) is 2.09. The number of Topliss-reactive ketones (excluding diaryl/α,β-unsaturated/α-hetero) is 1. The van der Waals surface area contributed by atoms with E-state index < -0.39 is 5.54 Å². The monoisotopic (exact) mass is 251 g/mol. The van der Waals surface area contributed by atoms with Gasteiger partial charge in [0.15, 0.2) is 5.78 Å². The summed E-state index contributed by atoms with van der Waals surface area (Å²) in [4.78, 5) is 12.3. The van der Waals surface area contributed by atoms with Crippen LogP contribution in [0.3, 0.4) is 0 Å². The lowest BCUT2D eigenvalue weighted by Crippen LogP contribution is -2.47. The van der Waals surface area contributed by atoms with Crippen LogP contribution in [0.4, 0.5) is 0 Å². The van der Waals surface area contributed by atoms with Gasteiger partial charge < -0.3 is 5.73 Å². The molecule has 0 aliphatic heterocycles. The first-order chi connectivity index (χ1) is 8.50. The molecule has 0 radical (unpaired) electrons. The third-order valence-corrected chi connectivity index (χ3v) is 3.73. The van der Waals surface area contributed by atoms with Gasteiger partial charge in [0, 0.05) is 12.2 Å². The molecule has 0 fully saturated rings. The summed E-state index contributed by atoms with van der Waals surface area (Å²) in [6, 6.07) is 2.02. The molecule has 0 saturated carbocycles. The summed E-state index contributed by atoms with van der Waals surface area (Å²) in [5.74, 6) is 0.116. The van der Waals surface area contributed by atoms with Crippen molar-refractivity contribution in [3.05, 3.63) is 17.5 Å². The normalized spacial score (nSPS) is 11.8. The molecule has 0 spiro atoms. The third kappa shape index (κ3) is 2.99. The number of ketones is 1. The summed E-state index contributed by atoms with van der Waals surface area (Å²) in [6.07, 6.45) is 2.65. The van der Waals surface area contributed by atoms with Crippen LogP contribution in [-0.2, 0) is 24.2 Å². The lowest BCUT2D eigenvalue weighted by Gasteiger charge is -2.24. The molecule has 4 heteroatoms. The molecule has 1 aromatic rings.